The molecule has 2 atom stereocenters. The molecule has 2 aliphatic heterocycles. The lowest BCUT2D eigenvalue weighted by Crippen LogP contribution is -2.44. The second-order valence-corrected chi connectivity index (χ2v) is 9.96. The van der Waals surface area contributed by atoms with E-state index in [1.165, 1.54) is 9.75 Å². The molecule has 2 N–H and O–H groups in total. The van der Waals surface area contributed by atoms with Gasteiger partial charge in [0.15, 0.2) is 0 Å². The van der Waals surface area contributed by atoms with E-state index < -0.39 is 24.3 Å². The normalized spacial score (nSPS) is 19.6. The lowest BCUT2D eigenvalue weighted by atomic mass is 9.88. The molecule has 15 heteroatoms. The molecule has 4 rings (SSSR count). The molecule has 38 heavy (non-hydrogen) atoms. The number of carboxylic acid groups (broad SMARTS) is 2. The highest BCUT2D eigenvalue weighted by atomic mass is 32.1. The van der Waals surface area contributed by atoms with Crippen LogP contribution in [0.5, 0.6) is 0 Å². The number of likely N-dealkylation sites (tertiary alicyclic amines) is 2. The Morgan fingerprint density at radius 2 is 1.63 bits per heavy atom. The molecule has 2 fully saturated rings. The number of piperidine rings is 1. The van der Waals surface area contributed by atoms with E-state index in [2.05, 4.69) is 28.9 Å². The average molecular weight is 570 g/mol. The summed E-state index contributed by atoms with van der Waals surface area (Å²) >= 11 is 1.87. The van der Waals surface area contributed by atoms with E-state index in [0.29, 0.717) is 18.4 Å². The van der Waals surface area contributed by atoms with Crippen LogP contribution in [0.4, 0.5) is 26.3 Å². The summed E-state index contributed by atoms with van der Waals surface area (Å²) < 4.78 is 63.5. The van der Waals surface area contributed by atoms with Crippen LogP contribution in [-0.2, 0) is 27.5 Å². The molecule has 0 spiro atoms. The molecule has 0 aromatic carbocycles. The number of hydrogen-bond donors (Lipinski definition) is 2. The lowest BCUT2D eigenvalue weighted by Gasteiger charge is -2.33. The number of aliphatic carboxylic acids is 2. The first-order valence-corrected chi connectivity index (χ1v) is 11.9. The molecular weight excluding hydrogens is 544 g/mol. The minimum Gasteiger partial charge on any atom is -0.475 e. The third-order valence-corrected chi connectivity index (χ3v) is 6.66. The highest BCUT2D eigenvalue weighted by molar-refractivity contribution is 7.11. The molecule has 1 amide bonds. The minimum absolute atomic E-state index is 0.177. The van der Waals surface area contributed by atoms with Gasteiger partial charge in [-0.05, 0) is 43.0 Å². The Kier molecular flexibility index (Phi) is 10.6. The fraction of sp³-hybridized carbons (Fsp3) is 0.478. The number of carbonyl (C=O) groups is 3. The first-order valence-electron chi connectivity index (χ1n) is 11.1. The summed E-state index contributed by atoms with van der Waals surface area (Å²) in [5.74, 6) is -4.47. The molecule has 8 nitrogen and oxygen atoms in total. The van der Waals surface area contributed by atoms with Gasteiger partial charge in [-0.25, -0.2) is 9.59 Å². The average Bonchev–Trinajstić information content (AvgIpc) is 3.42. The van der Waals surface area contributed by atoms with Crippen LogP contribution in [0.2, 0.25) is 0 Å². The summed E-state index contributed by atoms with van der Waals surface area (Å²) in [5, 5.41) is 14.2. The maximum atomic E-state index is 12.9. The predicted octanol–water partition coefficient (Wildman–Crippen LogP) is 4.20. The maximum Gasteiger partial charge on any atom is 0.490 e. The number of aromatic nitrogens is 1. The number of fused-ring (bicyclic) bond motifs is 1. The highest BCUT2D eigenvalue weighted by Crippen LogP contribution is 2.34. The summed E-state index contributed by atoms with van der Waals surface area (Å²) in [6, 6.07) is 8.39. The molecule has 0 radical (unpaired) electrons. The first kappa shape index (κ1) is 31.0. The number of hydrogen-bond acceptors (Lipinski definition) is 6. The second-order valence-electron chi connectivity index (χ2n) is 8.59. The summed E-state index contributed by atoms with van der Waals surface area (Å²) in [7, 11) is 0. The summed E-state index contributed by atoms with van der Waals surface area (Å²) in [5.41, 5.74) is 1.12. The van der Waals surface area contributed by atoms with Crippen molar-refractivity contribution in [3.05, 3.63) is 52.0 Å². The van der Waals surface area contributed by atoms with Crippen molar-refractivity contribution in [2.75, 3.05) is 19.6 Å². The van der Waals surface area contributed by atoms with Crippen LogP contribution in [0.25, 0.3) is 0 Å². The number of carbonyl (C=O) groups excluding carboxylic acids is 1. The van der Waals surface area contributed by atoms with Crippen molar-refractivity contribution in [3.8, 4) is 0 Å². The highest BCUT2D eigenvalue weighted by Gasteiger charge is 2.42. The molecule has 4 heterocycles. The number of aryl methyl sites for hydroxylation is 1. The SMILES string of the molecule is Cc1ccc(CN2CC3CCN(Cc4cccnc4)C(=O)C3C2)s1.O=C(O)C(F)(F)F.O=C(O)C(F)(F)F. The van der Waals surface area contributed by atoms with Gasteiger partial charge in [0.1, 0.15) is 0 Å². The standard InChI is InChI=1S/C19H23N3OS.2C2HF3O2/c1-14-4-5-17(24-14)12-21-11-16-6-8-22(19(23)18(16)13-21)10-15-3-2-7-20-9-15;2*3-2(4,5)1(6)7/h2-5,7,9,16,18H,6,8,10-13H2,1H3;2*(H,6,7). The van der Waals surface area contributed by atoms with Crippen LogP contribution in [0.1, 0.15) is 21.7 Å². The number of halogens is 6. The van der Waals surface area contributed by atoms with Crippen molar-refractivity contribution in [3.63, 3.8) is 0 Å². The predicted molar refractivity (Wildman–Crippen MR) is 123 cm³/mol. The van der Waals surface area contributed by atoms with Crippen molar-refractivity contribution in [2.45, 2.75) is 38.8 Å². The molecule has 210 valence electrons. The van der Waals surface area contributed by atoms with E-state index >= 15 is 0 Å². The van der Waals surface area contributed by atoms with Gasteiger partial charge < -0.3 is 15.1 Å². The van der Waals surface area contributed by atoms with E-state index in [-0.39, 0.29) is 5.92 Å². The zero-order valence-electron chi connectivity index (χ0n) is 20.0. The van der Waals surface area contributed by atoms with E-state index in [0.717, 1.165) is 38.2 Å². The third-order valence-electron chi connectivity index (χ3n) is 5.67. The summed E-state index contributed by atoms with van der Waals surface area (Å²) in [4.78, 5) is 42.1. The topological polar surface area (TPSA) is 111 Å². The number of alkyl halides is 6. The van der Waals surface area contributed by atoms with Gasteiger partial charge in [-0.1, -0.05) is 6.07 Å². The third kappa shape index (κ3) is 9.59. The molecule has 0 bridgehead atoms. The Morgan fingerprint density at radius 3 is 2.11 bits per heavy atom. The van der Waals surface area contributed by atoms with E-state index in [1.54, 1.807) is 6.20 Å². The zero-order valence-corrected chi connectivity index (χ0v) is 20.8. The molecule has 2 aromatic heterocycles. The maximum absolute atomic E-state index is 12.9. The van der Waals surface area contributed by atoms with Gasteiger partial charge in [-0.15, -0.1) is 11.3 Å². The molecule has 0 aliphatic carbocycles. The van der Waals surface area contributed by atoms with Crippen LogP contribution < -0.4 is 0 Å². The summed E-state index contributed by atoms with van der Waals surface area (Å²) in [6.45, 7) is 6.68. The van der Waals surface area contributed by atoms with Crippen LogP contribution in [0, 0.1) is 18.8 Å². The van der Waals surface area contributed by atoms with Gasteiger partial charge in [-0.3, -0.25) is 14.7 Å². The van der Waals surface area contributed by atoms with E-state index in [4.69, 9.17) is 19.8 Å². The van der Waals surface area contributed by atoms with Crippen LogP contribution >= 0.6 is 11.3 Å². The quantitative estimate of drug-likeness (QED) is 0.531. The fourth-order valence-electron chi connectivity index (χ4n) is 3.99. The molecule has 2 saturated heterocycles. The minimum atomic E-state index is -5.08. The number of pyridine rings is 1. The van der Waals surface area contributed by atoms with Gasteiger partial charge in [0, 0.05) is 54.9 Å². The molecule has 2 aromatic rings. The van der Waals surface area contributed by atoms with Crippen molar-refractivity contribution >= 4 is 29.2 Å². The van der Waals surface area contributed by atoms with Gasteiger partial charge in [0.25, 0.3) is 0 Å². The fourth-order valence-corrected chi connectivity index (χ4v) is 4.92. The van der Waals surface area contributed by atoms with Gasteiger partial charge >= 0.3 is 24.3 Å². The van der Waals surface area contributed by atoms with Gasteiger partial charge in [-0.2, -0.15) is 26.3 Å². The Morgan fingerprint density at radius 1 is 1.03 bits per heavy atom. The number of amides is 1. The number of nitrogens with zero attached hydrogens (tertiary/aromatic N) is 3. The molecule has 0 saturated carbocycles. The van der Waals surface area contributed by atoms with Gasteiger partial charge in [0.2, 0.25) is 5.91 Å². The number of carboxylic acids is 2. The zero-order chi connectivity index (χ0) is 28.7. The van der Waals surface area contributed by atoms with E-state index in [9.17, 15) is 31.1 Å². The smallest absolute Gasteiger partial charge is 0.475 e. The first-order chi connectivity index (χ1) is 17.6. The van der Waals surface area contributed by atoms with Crippen molar-refractivity contribution in [1.82, 2.24) is 14.8 Å². The Labute approximate surface area is 217 Å². The van der Waals surface area contributed by atoms with E-state index in [1.807, 2.05) is 34.6 Å². The van der Waals surface area contributed by atoms with Crippen molar-refractivity contribution in [1.29, 1.82) is 0 Å². The largest absolute Gasteiger partial charge is 0.490 e. The number of rotatable bonds is 4. The molecular formula is C23H25F6N3O5S. The Balaban J connectivity index is 0.000000301. The van der Waals surface area contributed by atoms with Crippen LogP contribution in [0.15, 0.2) is 36.7 Å². The Hall–Kier alpha value is -3.20. The van der Waals surface area contributed by atoms with Gasteiger partial charge in [0.05, 0.1) is 5.92 Å². The van der Waals surface area contributed by atoms with Crippen LogP contribution in [0.3, 0.4) is 0 Å². The lowest BCUT2D eigenvalue weighted by molar-refractivity contribution is -0.193. The van der Waals surface area contributed by atoms with Crippen molar-refractivity contribution in [2.24, 2.45) is 11.8 Å². The summed E-state index contributed by atoms with van der Waals surface area (Å²) in [6.07, 6.45) is -5.41. The molecule has 2 aliphatic rings. The number of thiophene rings is 1. The second kappa shape index (κ2) is 13.0. The Bertz CT molecular complexity index is 1070. The molecule has 2 unspecified atom stereocenters. The van der Waals surface area contributed by atoms with Crippen LogP contribution in [-0.4, -0.2) is 74.8 Å². The van der Waals surface area contributed by atoms with Crippen molar-refractivity contribution < 1.29 is 50.9 Å². The monoisotopic (exact) mass is 569 g/mol.